The Morgan fingerprint density at radius 1 is 1.35 bits per heavy atom. The first-order valence-electron chi connectivity index (χ1n) is 8.11. The van der Waals surface area contributed by atoms with Gasteiger partial charge in [0.1, 0.15) is 12.0 Å². The molecule has 1 saturated heterocycles. The van der Waals surface area contributed by atoms with Crippen LogP contribution in [0.25, 0.3) is 0 Å². The Kier molecular flexibility index (Phi) is 4.76. The third kappa shape index (κ3) is 3.99. The van der Waals surface area contributed by atoms with E-state index in [1.807, 2.05) is 38.1 Å². The van der Waals surface area contributed by atoms with Crippen molar-refractivity contribution in [1.29, 1.82) is 0 Å². The van der Waals surface area contributed by atoms with Gasteiger partial charge in [-0.25, -0.2) is 0 Å². The Hall–Kier alpha value is -2.14. The van der Waals surface area contributed by atoms with Crippen molar-refractivity contribution in [2.45, 2.75) is 39.3 Å². The molecule has 5 heteroatoms. The molecule has 0 saturated carbocycles. The zero-order chi connectivity index (χ0) is 16.2. The van der Waals surface area contributed by atoms with Gasteiger partial charge in [0.05, 0.1) is 0 Å². The summed E-state index contributed by atoms with van der Waals surface area (Å²) in [5.41, 5.74) is 3.95. The van der Waals surface area contributed by atoms with Crippen molar-refractivity contribution >= 4 is 5.91 Å². The van der Waals surface area contributed by atoms with Crippen molar-refractivity contribution in [3.05, 3.63) is 52.9 Å². The van der Waals surface area contributed by atoms with E-state index in [0.717, 1.165) is 54.9 Å². The molecule has 0 radical (unpaired) electrons. The van der Waals surface area contributed by atoms with Crippen LogP contribution >= 0.6 is 0 Å². The molecule has 2 aromatic rings. The second-order valence-electron chi connectivity index (χ2n) is 6.34. The minimum absolute atomic E-state index is 0.0273. The minimum atomic E-state index is 0.0273. The van der Waals surface area contributed by atoms with Crippen molar-refractivity contribution < 1.29 is 9.32 Å². The first-order chi connectivity index (χ1) is 11.1. The quantitative estimate of drug-likeness (QED) is 0.943. The number of likely N-dealkylation sites (tertiary alicyclic amines) is 1. The second-order valence-corrected chi connectivity index (χ2v) is 6.34. The monoisotopic (exact) mass is 313 g/mol. The summed E-state index contributed by atoms with van der Waals surface area (Å²) in [7, 11) is 0. The highest BCUT2D eigenvalue weighted by atomic mass is 16.5. The third-order valence-corrected chi connectivity index (χ3v) is 4.42. The van der Waals surface area contributed by atoms with Crippen molar-refractivity contribution in [3.63, 3.8) is 0 Å². The highest BCUT2D eigenvalue weighted by Crippen LogP contribution is 2.15. The summed E-state index contributed by atoms with van der Waals surface area (Å²) >= 11 is 0. The standard InChI is InChI=1S/C18H23N3O2/c1-13-4-3-5-15(10-13)18(22)19-16-6-8-21(9-7-16)11-17-14(2)12-23-20-17/h3-5,10,12,16H,6-9,11H2,1-2H3,(H,19,22). The Balaban J connectivity index is 1.49. The zero-order valence-corrected chi connectivity index (χ0v) is 13.7. The average molecular weight is 313 g/mol. The normalized spacial score (nSPS) is 16.4. The third-order valence-electron chi connectivity index (χ3n) is 4.42. The summed E-state index contributed by atoms with van der Waals surface area (Å²) in [6, 6.07) is 7.97. The number of carbonyl (C=O) groups excluding carboxylic acids is 1. The lowest BCUT2D eigenvalue weighted by Gasteiger charge is -2.31. The van der Waals surface area contributed by atoms with Crippen LogP contribution < -0.4 is 5.32 Å². The maximum absolute atomic E-state index is 12.3. The van der Waals surface area contributed by atoms with Gasteiger partial charge in [0.25, 0.3) is 5.91 Å². The van der Waals surface area contributed by atoms with Crippen LogP contribution in [0.5, 0.6) is 0 Å². The number of aryl methyl sites for hydroxylation is 2. The van der Waals surface area contributed by atoms with E-state index < -0.39 is 0 Å². The molecule has 1 aliphatic heterocycles. The molecule has 1 aromatic carbocycles. The minimum Gasteiger partial charge on any atom is -0.364 e. The number of carbonyl (C=O) groups is 1. The number of hydrogen-bond donors (Lipinski definition) is 1. The maximum Gasteiger partial charge on any atom is 0.251 e. The van der Waals surface area contributed by atoms with Gasteiger partial charge >= 0.3 is 0 Å². The SMILES string of the molecule is Cc1cccc(C(=O)NC2CCN(Cc3nocc3C)CC2)c1. The fourth-order valence-electron chi connectivity index (χ4n) is 2.96. The number of aromatic nitrogens is 1. The van der Waals surface area contributed by atoms with Crippen LogP contribution in [0.2, 0.25) is 0 Å². The number of piperidine rings is 1. The second kappa shape index (κ2) is 6.96. The summed E-state index contributed by atoms with van der Waals surface area (Å²) in [6.45, 7) is 6.76. The van der Waals surface area contributed by atoms with E-state index in [1.54, 1.807) is 6.26 Å². The summed E-state index contributed by atoms with van der Waals surface area (Å²) in [6.07, 6.45) is 3.62. The van der Waals surface area contributed by atoms with Gasteiger partial charge in [0, 0.05) is 36.8 Å². The van der Waals surface area contributed by atoms with E-state index in [9.17, 15) is 4.79 Å². The van der Waals surface area contributed by atoms with Crippen LogP contribution in [0.3, 0.4) is 0 Å². The Bertz CT molecular complexity index is 672. The molecule has 3 rings (SSSR count). The van der Waals surface area contributed by atoms with Gasteiger partial charge < -0.3 is 9.84 Å². The Morgan fingerprint density at radius 3 is 2.78 bits per heavy atom. The van der Waals surface area contributed by atoms with E-state index in [2.05, 4.69) is 15.4 Å². The lowest BCUT2D eigenvalue weighted by molar-refractivity contribution is 0.0908. The van der Waals surface area contributed by atoms with E-state index in [1.165, 1.54) is 0 Å². The van der Waals surface area contributed by atoms with Crippen LogP contribution in [0.1, 0.15) is 40.0 Å². The smallest absolute Gasteiger partial charge is 0.251 e. The van der Waals surface area contributed by atoms with Gasteiger partial charge in [-0.1, -0.05) is 22.9 Å². The summed E-state index contributed by atoms with van der Waals surface area (Å²) in [4.78, 5) is 14.7. The molecule has 1 amide bonds. The van der Waals surface area contributed by atoms with Gasteiger partial charge in [0.15, 0.2) is 0 Å². The molecule has 0 bridgehead atoms. The number of nitrogens with zero attached hydrogens (tertiary/aromatic N) is 2. The van der Waals surface area contributed by atoms with Gasteiger partial charge in [0.2, 0.25) is 0 Å². The van der Waals surface area contributed by atoms with Gasteiger partial charge in [-0.2, -0.15) is 0 Å². The molecule has 1 fully saturated rings. The van der Waals surface area contributed by atoms with Crippen molar-refractivity contribution in [3.8, 4) is 0 Å². The van der Waals surface area contributed by atoms with Crippen molar-refractivity contribution in [2.24, 2.45) is 0 Å². The summed E-state index contributed by atoms with van der Waals surface area (Å²) < 4.78 is 4.99. The molecular weight excluding hydrogens is 290 g/mol. The molecule has 0 aliphatic carbocycles. The molecule has 1 aromatic heterocycles. The topological polar surface area (TPSA) is 58.4 Å². The van der Waals surface area contributed by atoms with Crippen LogP contribution in [0.4, 0.5) is 0 Å². The van der Waals surface area contributed by atoms with Gasteiger partial charge in [-0.05, 0) is 38.8 Å². The van der Waals surface area contributed by atoms with Crippen LogP contribution in [0.15, 0.2) is 35.1 Å². The fraction of sp³-hybridized carbons (Fsp3) is 0.444. The number of hydrogen-bond acceptors (Lipinski definition) is 4. The molecule has 122 valence electrons. The van der Waals surface area contributed by atoms with Crippen LogP contribution in [-0.2, 0) is 6.54 Å². The van der Waals surface area contributed by atoms with Crippen molar-refractivity contribution in [2.75, 3.05) is 13.1 Å². The van der Waals surface area contributed by atoms with E-state index in [0.29, 0.717) is 0 Å². The molecule has 0 unspecified atom stereocenters. The lowest BCUT2D eigenvalue weighted by atomic mass is 10.0. The van der Waals surface area contributed by atoms with E-state index in [-0.39, 0.29) is 11.9 Å². The molecular formula is C18H23N3O2. The molecule has 1 aliphatic rings. The fourth-order valence-corrected chi connectivity index (χ4v) is 2.96. The molecule has 1 N–H and O–H groups in total. The van der Waals surface area contributed by atoms with Crippen LogP contribution in [0, 0.1) is 13.8 Å². The summed E-state index contributed by atoms with van der Waals surface area (Å²) in [5.74, 6) is 0.0273. The molecule has 2 heterocycles. The number of amides is 1. The highest BCUT2D eigenvalue weighted by Gasteiger charge is 2.22. The first kappa shape index (κ1) is 15.7. The maximum atomic E-state index is 12.3. The number of rotatable bonds is 4. The number of nitrogens with one attached hydrogen (secondary N) is 1. The predicted octanol–water partition coefficient (Wildman–Crippen LogP) is 2.69. The molecule has 5 nitrogen and oxygen atoms in total. The average Bonchev–Trinajstić information content (AvgIpc) is 2.94. The molecule has 0 atom stereocenters. The van der Waals surface area contributed by atoms with Gasteiger partial charge in [-0.3, -0.25) is 9.69 Å². The predicted molar refractivity (Wildman–Crippen MR) is 88.2 cm³/mol. The summed E-state index contributed by atoms with van der Waals surface area (Å²) in [5, 5.41) is 7.19. The van der Waals surface area contributed by atoms with Gasteiger partial charge in [-0.15, -0.1) is 0 Å². The largest absolute Gasteiger partial charge is 0.364 e. The lowest BCUT2D eigenvalue weighted by Crippen LogP contribution is -2.44. The van der Waals surface area contributed by atoms with E-state index >= 15 is 0 Å². The van der Waals surface area contributed by atoms with Crippen molar-refractivity contribution in [1.82, 2.24) is 15.4 Å². The molecule has 23 heavy (non-hydrogen) atoms. The Morgan fingerprint density at radius 2 is 2.13 bits per heavy atom. The van der Waals surface area contributed by atoms with E-state index in [4.69, 9.17) is 4.52 Å². The first-order valence-corrected chi connectivity index (χ1v) is 8.11. The van der Waals surface area contributed by atoms with Crippen LogP contribution in [-0.4, -0.2) is 35.1 Å². The molecule has 0 spiro atoms. The Labute approximate surface area is 136 Å². The zero-order valence-electron chi connectivity index (χ0n) is 13.7. The highest BCUT2D eigenvalue weighted by molar-refractivity contribution is 5.94. The number of benzene rings is 1.